The van der Waals surface area contributed by atoms with E-state index in [1.165, 1.54) is 0 Å². The predicted molar refractivity (Wildman–Crippen MR) is 273 cm³/mol. The standard InChI is InChI=1S/C50H66N10O17/c61-40(30-59(21-19-51-28-42(64)65)23-24-60(31-44(68)69)22-20-52-29-43(66)67)54-25-32-4-12-36(13-5-32)46(71)56-27-34-8-14-37(15-9-34)47(72)55-26-33-6-10-35(11-7-33)45(70)53-18-2-1-3-38(48(73)74)57-50(77)58-39(49(75)76)16-17-41(62)63/h4-15,38-39,51-52H,1-3,16-31H2,(H,53,70)(H,54,61)(H,55,72)(H,56,71)(H,62,63)(H,64,65)(H,66,67)(H,68,69)(H,73,74)(H,75,76)(H2,57,58,77). The maximum absolute atomic E-state index is 13.0. The van der Waals surface area contributed by atoms with Crippen molar-refractivity contribution in [3.8, 4) is 0 Å². The minimum atomic E-state index is -1.53. The lowest BCUT2D eigenvalue weighted by atomic mass is 10.1. The van der Waals surface area contributed by atoms with Crippen LogP contribution in [0.5, 0.6) is 0 Å². The number of carboxylic acids is 6. The molecule has 0 fully saturated rings. The second-order valence-corrected chi connectivity index (χ2v) is 17.4. The van der Waals surface area contributed by atoms with Crippen molar-refractivity contribution in [3.63, 3.8) is 0 Å². The number of benzene rings is 3. The summed E-state index contributed by atoms with van der Waals surface area (Å²) in [5, 5.41) is 75.5. The number of carbonyl (C=O) groups is 11. The third-order valence-electron chi connectivity index (χ3n) is 11.3. The molecule has 0 aliphatic rings. The molecule has 6 amide bonds. The summed E-state index contributed by atoms with van der Waals surface area (Å²) in [4.78, 5) is 134. The highest BCUT2D eigenvalue weighted by atomic mass is 16.4. The van der Waals surface area contributed by atoms with Gasteiger partial charge in [0.2, 0.25) is 5.91 Å². The lowest BCUT2D eigenvalue weighted by molar-refractivity contribution is -0.141. The van der Waals surface area contributed by atoms with Crippen molar-refractivity contribution in [2.24, 2.45) is 0 Å². The van der Waals surface area contributed by atoms with Crippen LogP contribution >= 0.6 is 0 Å². The highest BCUT2D eigenvalue weighted by Crippen LogP contribution is 2.10. The lowest BCUT2D eigenvalue weighted by Crippen LogP contribution is -2.51. The number of carbonyl (C=O) groups excluding carboxylic acids is 5. The van der Waals surface area contributed by atoms with Gasteiger partial charge in [-0.05, 0) is 78.8 Å². The number of unbranched alkanes of at least 4 members (excludes halogenated alkanes) is 1. The molecule has 77 heavy (non-hydrogen) atoms. The highest BCUT2D eigenvalue weighted by Gasteiger charge is 2.25. The average Bonchev–Trinajstić information content (AvgIpc) is 3.38. The Morgan fingerprint density at radius 1 is 0.416 bits per heavy atom. The van der Waals surface area contributed by atoms with E-state index < -0.39 is 72.7 Å². The first kappa shape index (κ1) is 62.8. The summed E-state index contributed by atoms with van der Waals surface area (Å²) in [5.74, 6) is -8.74. The van der Waals surface area contributed by atoms with Crippen LogP contribution in [0.3, 0.4) is 0 Å². The topological polar surface area (TPSA) is 412 Å². The van der Waals surface area contributed by atoms with Crippen LogP contribution in [-0.4, -0.2) is 190 Å². The van der Waals surface area contributed by atoms with Crippen LogP contribution in [0, 0.1) is 0 Å². The van der Waals surface area contributed by atoms with E-state index in [1.807, 2.05) is 0 Å². The fourth-order valence-corrected chi connectivity index (χ4v) is 7.15. The van der Waals surface area contributed by atoms with Gasteiger partial charge in [-0.3, -0.25) is 48.2 Å². The van der Waals surface area contributed by atoms with E-state index in [0.717, 1.165) is 5.56 Å². The molecule has 0 aromatic heterocycles. The first-order chi connectivity index (χ1) is 36.7. The van der Waals surface area contributed by atoms with Crippen LogP contribution in [0.1, 0.15) is 79.9 Å². The van der Waals surface area contributed by atoms with Crippen molar-refractivity contribution in [2.45, 2.75) is 63.8 Å². The van der Waals surface area contributed by atoms with E-state index in [0.29, 0.717) is 34.2 Å². The van der Waals surface area contributed by atoms with Gasteiger partial charge in [-0.2, -0.15) is 0 Å². The van der Waals surface area contributed by atoms with E-state index in [1.54, 1.807) is 82.6 Å². The number of hydrogen-bond donors (Lipinski definition) is 14. The summed E-state index contributed by atoms with van der Waals surface area (Å²) in [6.07, 6.45) is -0.319. The molecule has 0 saturated carbocycles. The van der Waals surface area contributed by atoms with Crippen LogP contribution in [0.15, 0.2) is 72.8 Å². The highest BCUT2D eigenvalue weighted by molar-refractivity contribution is 5.95. The monoisotopic (exact) mass is 1080 g/mol. The number of urea groups is 1. The number of nitrogens with zero attached hydrogens (tertiary/aromatic N) is 2. The number of aliphatic carboxylic acids is 6. The Balaban J connectivity index is 1.39. The largest absolute Gasteiger partial charge is 0.481 e. The van der Waals surface area contributed by atoms with Gasteiger partial charge < -0.3 is 73.2 Å². The lowest BCUT2D eigenvalue weighted by Gasteiger charge is -2.26. The molecule has 3 rings (SSSR count). The van der Waals surface area contributed by atoms with Gasteiger partial charge in [0.25, 0.3) is 17.7 Å². The number of carboxylic acid groups (broad SMARTS) is 6. The molecule has 418 valence electrons. The third-order valence-corrected chi connectivity index (χ3v) is 11.3. The summed E-state index contributed by atoms with van der Waals surface area (Å²) in [5.41, 5.74) is 3.21. The summed E-state index contributed by atoms with van der Waals surface area (Å²) >= 11 is 0. The van der Waals surface area contributed by atoms with Crippen LogP contribution in [-0.2, 0) is 53.2 Å². The molecule has 3 aromatic carbocycles. The zero-order valence-electron chi connectivity index (χ0n) is 42.1. The molecule has 2 atom stereocenters. The Kier molecular flexibility index (Phi) is 27.8. The van der Waals surface area contributed by atoms with E-state index >= 15 is 0 Å². The van der Waals surface area contributed by atoms with Gasteiger partial charge in [-0.1, -0.05) is 36.4 Å². The quantitative estimate of drug-likeness (QED) is 0.0311. The second kappa shape index (κ2) is 34.1. The predicted octanol–water partition coefficient (Wildman–Crippen LogP) is -0.830. The molecule has 0 spiro atoms. The molecule has 2 unspecified atom stereocenters. The number of rotatable bonds is 38. The normalized spacial score (nSPS) is 11.7. The van der Waals surface area contributed by atoms with Crippen molar-refractivity contribution >= 4 is 65.5 Å². The molecular formula is C50H66N10O17. The van der Waals surface area contributed by atoms with Crippen LogP contribution in [0.2, 0.25) is 0 Å². The van der Waals surface area contributed by atoms with Gasteiger partial charge in [-0.25, -0.2) is 14.4 Å². The van der Waals surface area contributed by atoms with E-state index in [4.69, 9.17) is 15.3 Å². The minimum Gasteiger partial charge on any atom is -0.481 e. The van der Waals surface area contributed by atoms with Crippen molar-refractivity contribution < 1.29 is 83.4 Å². The molecule has 0 heterocycles. The molecule has 3 aromatic rings. The molecule has 27 nitrogen and oxygen atoms in total. The smallest absolute Gasteiger partial charge is 0.326 e. The summed E-state index contributed by atoms with van der Waals surface area (Å²) in [6.45, 7) is 1.16. The molecule has 0 saturated heterocycles. The summed E-state index contributed by atoms with van der Waals surface area (Å²) in [7, 11) is 0. The van der Waals surface area contributed by atoms with E-state index in [-0.39, 0.29) is 122 Å². The van der Waals surface area contributed by atoms with Gasteiger partial charge in [-0.15, -0.1) is 0 Å². The zero-order chi connectivity index (χ0) is 56.7. The van der Waals surface area contributed by atoms with E-state index in [9.17, 15) is 68.1 Å². The fraction of sp³-hybridized carbons (Fsp3) is 0.420. The van der Waals surface area contributed by atoms with Crippen molar-refractivity contribution in [1.82, 2.24) is 52.3 Å². The molecule has 14 N–H and O–H groups in total. The number of nitrogens with one attached hydrogen (secondary N) is 8. The minimum absolute atomic E-state index is 0.0317. The second-order valence-electron chi connectivity index (χ2n) is 17.4. The number of amides is 6. The van der Waals surface area contributed by atoms with Crippen molar-refractivity contribution in [1.29, 1.82) is 0 Å². The first-order valence-electron chi connectivity index (χ1n) is 24.3. The Morgan fingerprint density at radius 3 is 1.22 bits per heavy atom. The Morgan fingerprint density at radius 2 is 0.818 bits per heavy atom. The molecule has 0 aliphatic carbocycles. The van der Waals surface area contributed by atoms with Crippen LogP contribution in [0.4, 0.5) is 4.79 Å². The van der Waals surface area contributed by atoms with Gasteiger partial charge in [0.15, 0.2) is 0 Å². The Bertz CT molecular complexity index is 2480. The maximum atomic E-state index is 13.0. The van der Waals surface area contributed by atoms with Gasteiger partial charge in [0.05, 0.1) is 26.2 Å². The summed E-state index contributed by atoms with van der Waals surface area (Å²) in [6, 6.07) is 15.7. The summed E-state index contributed by atoms with van der Waals surface area (Å²) < 4.78 is 0. The number of hydrogen-bond acceptors (Lipinski definition) is 15. The third kappa shape index (κ3) is 26.5. The molecule has 27 heteroatoms. The average molecular weight is 1080 g/mol. The molecule has 0 aliphatic heterocycles. The SMILES string of the molecule is O=C(O)CCC(NC(=O)NC(CCCCNC(=O)c1ccc(CNC(=O)c2ccc(CNC(=O)c3ccc(CNC(=O)CN(CCNCC(=O)O)CCN(CCNCC(=O)O)CC(=O)O)cc3)cc2)cc1)C(=O)O)C(=O)O. The van der Waals surface area contributed by atoms with E-state index in [2.05, 4.69) is 42.5 Å². The Labute approximate surface area is 442 Å². The zero-order valence-corrected chi connectivity index (χ0v) is 42.1. The Hall–Kier alpha value is -8.53. The van der Waals surface area contributed by atoms with Gasteiger partial charge in [0, 0.05) is 88.6 Å². The molecular weight excluding hydrogens is 1010 g/mol. The first-order valence-corrected chi connectivity index (χ1v) is 24.3. The molecule has 0 radical (unpaired) electrons. The van der Waals surface area contributed by atoms with Gasteiger partial charge >= 0.3 is 41.8 Å². The van der Waals surface area contributed by atoms with Crippen molar-refractivity contribution in [2.75, 3.05) is 72.0 Å². The van der Waals surface area contributed by atoms with Crippen LogP contribution < -0.4 is 42.5 Å². The van der Waals surface area contributed by atoms with Gasteiger partial charge in [0.1, 0.15) is 12.1 Å². The maximum Gasteiger partial charge on any atom is 0.326 e. The molecule has 0 bridgehead atoms. The van der Waals surface area contributed by atoms with Crippen LogP contribution in [0.25, 0.3) is 0 Å². The van der Waals surface area contributed by atoms with Crippen molar-refractivity contribution in [3.05, 3.63) is 106 Å². The fourth-order valence-electron chi connectivity index (χ4n) is 7.15.